The number of benzene rings is 1. The molecule has 5 N–H and O–H groups in total. The molecule has 13 heteroatoms. The highest BCUT2D eigenvalue weighted by Gasteiger charge is 2.49. The van der Waals surface area contributed by atoms with Crippen molar-refractivity contribution in [1.29, 1.82) is 0 Å². The van der Waals surface area contributed by atoms with E-state index in [9.17, 15) is 41.0 Å². The number of carbonyl (C=O) groups excluding carboxylic acids is 2. The van der Waals surface area contributed by atoms with Gasteiger partial charge >= 0.3 is 12.4 Å². The van der Waals surface area contributed by atoms with Crippen LogP contribution in [0.2, 0.25) is 0 Å². The fourth-order valence-electron chi connectivity index (χ4n) is 5.41. The average molecular weight is 547 g/mol. The molecule has 1 aromatic carbocycles. The number of aliphatic hydroxyl groups is 1. The Morgan fingerprint density at radius 2 is 1.79 bits per heavy atom. The fraction of sp³-hybridized carbons (Fsp3) is 0.560. The fourth-order valence-corrected chi connectivity index (χ4v) is 5.41. The van der Waals surface area contributed by atoms with Gasteiger partial charge in [0.1, 0.15) is 11.7 Å². The number of hydrogen-bond donors (Lipinski definition) is 4. The van der Waals surface area contributed by atoms with E-state index in [4.69, 9.17) is 5.73 Å². The molecule has 7 atom stereocenters. The monoisotopic (exact) mass is 546 g/mol. The largest absolute Gasteiger partial charge is 0.433 e. The topological polar surface area (TPSA) is 117 Å². The Morgan fingerprint density at radius 1 is 1.13 bits per heavy atom. The number of aromatic nitrogens is 1. The molecule has 38 heavy (non-hydrogen) atoms. The van der Waals surface area contributed by atoms with E-state index >= 15 is 0 Å². The van der Waals surface area contributed by atoms with Crippen LogP contribution in [-0.4, -0.2) is 40.5 Å². The standard InChI is InChI=1S/C25H28F6N4O3/c1-10-6-14(10)15-7-12(23(38)34-11(2)22(32)37)9-33-20(15)21(36)16-8-18(25(29,30)31)35-19-13(16)4-3-5-17(19)24(26,27)28/h3-5,8,10-12,14-15,20-21,33,36H,6-7,9H2,1-2H3,(H2,32,37)(H,34,38)/t10?,11?,12?,14-,15?,20?,21?/m0/s1. The summed E-state index contributed by atoms with van der Waals surface area (Å²) in [5, 5.41) is 16.8. The van der Waals surface area contributed by atoms with Crippen LogP contribution >= 0.6 is 0 Å². The number of fused-ring (bicyclic) bond motifs is 1. The molecular formula is C25H28F6N4O3. The molecule has 4 rings (SSSR count). The van der Waals surface area contributed by atoms with E-state index in [1.54, 1.807) is 0 Å². The number of pyridine rings is 1. The zero-order valence-corrected chi connectivity index (χ0v) is 20.5. The highest BCUT2D eigenvalue weighted by Crippen LogP contribution is 2.51. The van der Waals surface area contributed by atoms with E-state index < -0.39 is 65.0 Å². The second-order valence-corrected chi connectivity index (χ2v) is 10.3. The minimum Gasteiger partial charge on any atom is -0.387 e. The molecule has 0 radical (unpaired) electrons. The number of alkyl halides is 6. The summed E-state index contributed by atoms with van der Waals surface area (Å²) in [5.41, 5.74) is 1.12. The van der Waals surface area contributed by atoms with Crippen LogP contribution in [0.4, 0.5) is 26.3 Å². The van der Waals surface area contributed by atoms with Gasteiger partial charge in [-0.1, -0.05) is 19.1 Å². The summed E-state index contributed by atoms with van der Waals surface area (Å²) in [6, 6.07) is 1.77. The molecule has 0 bridgehead atoms. The molecule has 1 saturated heterocycles. The van der Waals surface area contributed by atoms with Gasteiger partial charge in [0.05, 0.1) is 23.1 Å². The number of carbonyl (C=O) groups is 2. The summed E-state index contributed by atoms with van der Waals surface area (Å²) in [6.45, 7) is 3.44. The van der Waals surface area contributed by atoms with Gasteiger partial charge in [-0.25, -0.2) is 4.98 Å². The number of para-hydroxylation sites is 1. The third-order valence-electron chi connectivity index (χ3n) is 7.62. The molecule has 7 nitrogen and oxygen atoms in total. The van der Waals surface area contributed by atoms with Crippen LogP contribution in [-0.2, 0) is 21.9 Å². The molecule has 0 spiro atoms. The van der Waals surface area contributed by atoms with Crippen LogP contribution in [0.25, 0.3) is 10.9 Å². The van der Waals surface area contributed by atoms with Gasteiger partial charge in [0.25, 0.3) is 0 Å². The molecule has 1 aliphatic heterocycles. The van der Waals surface area contributed by atoms with E-state index in [1.165, 1.54) is 13.0 Å². The van der Waals surface area contributed by atoms with Crippen molar-refractivity contribution in [3.05, 3.63) is 41.1 Å². The number of primary amides is 1. The average Bonchev–Trinajstić information content (AvgIpc) is 3.57. The Morgan fingerprint density at radius 3 is 2.34 bits per heavy atom. The molecule has 2 amide bonds. The molecule has 208 valence electrons. The molecule has 1 saturated carbocycles. The van der Waals surface area contributed by atoms with Gasteiger partial charge in [-0.2, -0.15) is 26.3 Å². The smallest absolute Gasteiger partial charge is 0.387 e. The summed E-state index contributed by atoms with van der Waals surface area (Å²) in [6.07, 6.45) is -10.6. The van der Waals surface area contributed by atoms with Crippen molar-refractivity contribution in [3.63, 3.8) is 0 Å². The molecule has 2 aliphatic rings. The molecule has 2 fully saturated rings. The van der Waals surface area contributed by atoms with Gasteiger partial charge in [-0.3, -0.25) is 9.59 Å². The lowest BCUT2D eigenvalue weighted by Crippen LogP contribution is -2.54. The Kier molecular flexibility index (Phi) is 7.38. The number of aliphatic hydroxyl groups excluding tert-OH is 1. The van der Waals surface area contributed by atoms with Crippen LogP contribution in [0.1, 0.15) is 49.6 Å². The van der Waals surface area contributed by atoms with Crippen molar-refractivity contribution in [1.82, 2.24) is 15.6 Å². The van der Waals surface area contributed by atoms with E-state index in [0.29, 0.717) is 12.1 Å². The molecule has 1 aliphatic carbocycles. The quantitative estimate of drug-likeness (QED) is 0.414. The predicted molar refractivity (Wildman–Crippen MR) is 124 cm³/mol. The number of rotatable bonds is 6. The highest BCUT2D eigenvalue weighted by atomic mass is 19.4. The first-order chi connectivity index (χ1) is 17.6. The Labute approximate surface area is 214 Å². The summed E-state index contributed by atoms with van der Waals surface area (Å²) in [7, 11) is 0. The number of amides is 2. The van der Waals surface area contributed by atoms with Gasteiger partial charge in [0.15, 0.2) is 0 Å². The molecular weight excluding hydrogens is 518 g/mol. The number of piperidine rings is 1. The van der Waals surface area contributed by atoms with Gasteiger partial charge in [-0.05, 0) is 55.2 Å². The zero-order chi connectivity index (χ0) is 28.2. The van der Waals surface area contributed by atoms with E-state index in [-0.39, 0.29) is 41.7 Å². The molecule has 2 heterocycles. The van der Waals surface area contributed by atoms with Crippen molar-refractivity contribution in [2.45, 2.75) is 57.2 Å². The van der Waals surface area contributed by atoms with Crippen LogP contribution in [0, 0.1) is 23.7 Å². The van der Waals surface area contributed by atoms with Crippen molar-refractivity contribution in [2.24, 2.45) is 29.4 Å². The number of nitrogens with two attached hydrogens (primary N) is 1. The van der Waals surface area contributed by atoms with E-state index in [2.05, 4.69) is 15.6 Å². The third kappa shape index (κ3) is 5.58. The first-order valence-electron chi connectivity index (χ1n) is 12.2. The van der Waals surface area contributed by atoms with E-state index in [1.807, 2.05) is 6.92 Å². The highest BCUT2D eigenvalue weighted by molar-refractivity contribution is 5.88. The molecule has 2 aromatic rings. The lowest BCUT2D eigenvalue weighted by molar-refractivity contribution is -0.142. The maximum atomic E-state index is 13.7. The molecule has 6 unspecified atom stereocenters. The maximum absolute atomic E-state index is 13.7. The second kappa shape index (κ2) is 9.99. The lowest BCUT2D eigenvalue weighted by atomic mass is 9.76. The van der Waals surface area contributed by atoms with Crippen LogP contribution in [0.3, 0.4) is 0 Å². The van der Waals surface area contributed by atoms with Gasteiger partial charge < -0.3 is 21.5 Å². The summed E-state index contributed by atoms with van der Waals surface area (Å²) >= 11 is 0. The van der Waals surface area contributed by atoms with Gasteiger partial charge in [0, 0.05) is 18.0 Å². The Bertz CT molecular complexity index is 1230. The first kappa shape index (κ1) is 28.1. The summed E-state index contributed by atoms with van der Waals surface area (Å²) < 4.78 is 82.0. The number of halogens is 6. The Hall–Kier alpha value is -2.93. The first-order valence-corrected chi connectivity index (χ1v) is 12.2. The van der Waals surface area contributed by atoms with Crippen molar-refractivity contribution < 1.29 is 41.0 Å². The minimum atomic E-state index is -5.05. The second-order valence-electron chi connectivity index (χ2n) is 10.3. The van der Waals surface area contributed by atoms with Crippen molar-refractivity contribution in [3.8, 4) is 0 Å². The number of hydrogen-bond acceptors (Lipinski definition) is 5. The van der Waals surface area contributed by atoms with E-state index in [0.717, 1.165) is 12.5 Å². The normalized spacial score (nSPS) is 27.6. The number of nitrogens with one attached hydrogen (secondary N) is 2. The van der Waals surface area contributed by atoms with Gasteiger partial charge in [-0.15, -0.1) is 0 Å². The Balaban J connectivity index is 1.72. The minimum absolute atomic E-state index is 0.0413. The van der Waals surface area contributed by atoms with Crippen molar-refractivity contribution in [2.75, 3.05) is 6.54 Å². The predicted octanol–water partition coefficient (Wildman–Crippen LogP) is 3.55. The SMILES string of the molecule is CC(NC(=O)C1CNC(C(O)c2cc(C(F)(F)F)nc3c(C(F)(F)F)cccc23)C([C@H]2CC2C)C1)C(N)=O. The summed E-state index contributed by atoms with van der Waals surface area (Å²) in [5.74, 6) is -1.83. The summed E-state index contributed by atoms with van der Waals surface area (Å²) in [4.78, 5) is 27.4. The van der Waals surface area contributed by atoms with Crippen molar-refractivity contribution >= 4 is 22.7 Å². The van der Waals surface area contributed by atoms with Gasteiger partial charge in [0.2, 0.25) is 11.8 Å². The lowest BCUT2D eigenvalue weighted by Gasteiger charge is -2.40. The molecule has 1 aromatic heterocycles. The maximum Gasteiger partial charge on any atom is 0.433 e. The number of nitrogens with zero attached hydrogens (tertiary/aromatic N) is 1. The zero-order valence-electron chi connectivity index (χ0n) is 20.5. The van der Waals surface area contributed by atoms with Crippen LogP contribution < -0.4 is 16.4 Å². The third-order valence-corrected chi connectivity index (χ3v) is 7.62. The van der Waals surface area contributed by atoms with Crippen LogP contribution in [0.15, 0.2) is 24.3 Å². The van der Waals surface area contributed by atoms with Crippen LogP contribution in [0.5, 0.6) is 0 Å².